The van der Waals surface area contributed by atoms with E-state index in [0.29, 0.717) is 28.5 Å². The molecule has 27 heavy (non-hydrogen) atoms. The highest BCUT2D eigenvalue weighted by atomic mass is 35.5. The molecule has 2 saturated heterocycles. The molecule has 0 saturated carbocycles. The quantitative estimate of drug-likeness (QED) is 0.793. The molecule has 2 aromatic carbocycles. The van der Waals surface area contributed by atoms with Gasteiger partial charge in [-0.1, -0.05) is 35.9 Å². The van der Waals surface area contributed by atoms with Crippen LogP contribution in [0.2, 0.25) is 5.02 Å². The Morgan fingerprint density at radius 2 is 1.96 bits per heavy atom. The largest absolute Gasteiger partial charge is 0.342 e. The number of hydrogen-bond acceptors (Lipinski definition) is 2. The van der Waals surface area contributed by atoms with Crippen molar-refractivity contribution in [2.75, 3.05) is 26.7 Å². The zero-order chi connectivity index (χ0) is 19.1. The molecule has 0 bridgehead atoms. The molecule has 2 aliphatic rings. The predicted molar refractivity (Wildman–Crippen MR) is 105 cm³/mol. The second-order valence-electron chi connectivity index (χ2n) is 7.92. The van der Waals surface area contributed by atoms with Crippen LogP contribution >= 0.6 is 11.6 Å². The maximum atomic E-state index is 13.5. The zero-order valence-electron chi connectivity index (χ0n) is 15.7. The zero-order valence-corrected chi connectivity index (χ0v) is 16.4. The number of carbonyl (C=O) groups excluding carboxylic acids is 1. The summed E-state index contributed by atoms with van der Waals surface area (Å²) in [5.74, 6) is 0.581. The highest BCUT2D eigenvalue weighted by molar-refractivity contribution is 6.30. The fourth-order valence-corrected chi connectivity index (χ4v) is 5.09. The number of carbonyl (C=O) groups is 1. The van der Waals surface area contributed by atoms with Crippen molar-refractivity contribution < 1.29 is 9.18 Å². The van der Waals surface area contributed by atoms with E-state index in [1.54, 1.807) is 6.07 Å². The summed E-state index contributed by atoms with van der Waals surface area (Å²) in [7, 11) is 2.18. The summed E-state index contributed by atoms with van der Waals surface area (Å²) in [6, 6.07) is 13.2. The number of aryl methyl sites for hydroxylation is 1. The van der Waals surface area contributed by atoms with Gasteiger partial charge < -0.3 is 4.90 Å². The Morgan fingerprint density at radius 3 is 2.70 bits per heavy atom. The lowest BCUT2D eigenvalue weighted by Crippen LogP contribution is -2.34. The molecular weight excluding hydrogens is 363 g/mol. The monoisotopic (exact) mass is 386 g/mol. The van der Waals surface area contributed by atoms with Crippen molar-refractivity contribution >= 4 is 17.5 Å². The van der Waals surface area contributed by atoms with E-state index in [4.69, 9.17) is 11.6 Å². The van der Waals surface area contributed by atoms with Crippen molar-refractivity contribution in [3.8, 4) is 0 Å². The van der Waals surface area contributed by atoms with Crippen molar-refractivity contribution in [1.29, 1.82) is 0 Å². The van der Waals surface area contributed by atoms with Crippen LogP contribution in [0.15, 0.2) is 42.5 Å². The van der Waals surface area contributed by atoms with Crippen LogP contribution in [0.1, 0.15) is 22.7 Å². The Morgan fingerprint density at radius 1 is 1.19 bits per heavy atom. The third kappa shape index (κ3) is 3.61. The van der Waals surface area contributed by atoms with Gasteiger partial charge in [-0.05, 0) is 54.8 Å². The van der Waals surface area contributed by atoms with Gasteiger partial charge in [0, 0.05) is 36.6 Å². The minimum atomic E-state index is -0.398. The summed E-state index contributed by atoms with van der Waals surface area (Å²) in [5, 5.41) is 0.331. The van der Waals surface area contributed by atoms with Gasteiger partial charge in [0.05, 0.1) is 6.42 Å². The summed E-state index contributed by atoms with van der Waals surface area (Å²) >= 11 is 5.92. The topological polar surface area (TPSA) is 23.6 Å². The number of amides is 1. The van der Waals surface area contributed by atoms with E-state index in [1.807, 2.05) is 4.90 Å². The van der Waals surface area contributed by atoms with Crippen LogP contribution in [0.4, 0.5) is 4.39 Å². The van der Waals surface area contributed by atoms with Gasteiger partial charge in [0.15, 0.2) is 0 Å². The van der Waals surface area contributed by atoms with Crippen LogP contribution in [0.5, 0.6) is 0 Å². The number of fused-ring (bicyclic) bond motifs is 1. The number of halogens is 2. The first-order valence-electron chi connectivity index (χ1n) is 9.41. The summed E-state index contributed by atoms with van der Waals surface area (Å²) in [6.45, 7) is 4.69. The second kappa shape index (κ2) is 7.25. The minimum absolute atomic E-state index is 0.0530. The molecule has 2 heterocycles. The molecule has 0 radical (unpaired) electrons. The Hall–Kier alpha value is -1.91. The van der Waals surface area contributed by atoms with Gasteiger partial charge in [-0.2, -0.15) is 0 Å². The Bertz CT molecular complexity index is 851. The molecule has 2 aliphatic heterocycles. The molecule has 2 fully saturated rings. The van der Waals surface area contributed by atoms with Gasteiger partial charge in [0.25, 0.3) is 0 Å². The van der Waals surface area contributed by atoms with E-state index in [2.05, 4.69) is 43.1 Å². The number of hydrogen-bond donors (Lipinski definition) is 0. The van der Waals surface area contributed by atoms with Crippen LogP contribution in [0, 0.1) is 24.6 Å². The van der Waals surface area contributed by atoms with Crippen LogP contribution in [-0.4, -0.2) is 42.4 Å². The SMILES string of the molecule is Cc1ccccc1[C@@H]1[C@@H]2CN(C(=O)Cc3cc(F)cc(Cl)c3)C[C@@H]2CN1C. The lowest BCUT2D eigenvalue weighted by atomic mass is 9.88. The second-order valence-corrected chi connectivity index (χ2v) is 8.35. The van der Waals surface area contributed by atoms with Crippen molar-refractivity contribution in [1.82, 2.24) is 9.80 Å². The van der Waals surface area contributed by atoms with Gasteiger partial charge in [0.1, 0.15) is 5.82 Å². The lowest BCUT2D eigenvalue weighted by molar-refractivity contribution is -0.129. The highest BCUT2D eigenvalue weighted by Gasteiger charge is 2.47. The standard InChI is InChI=1S/C22H24ClFN2O/c1-14-5-3-4-6-19(14)22-20-13-26(12-16(20)11-25(22)2)21(27)9-15-7-17(23)10-18(24)8-15/h3-8,10,16,20,22H,9,11-13H2,1-2H3/t16-,20+,22+/m0/s1. The summed E-state index contributed by atoms with van der Waals surface area (Å²) in [5.41, 5.74) is 3.29. The predicted octanol–water partition coefficient (Wildman–Crippen LogP) is 4.09. The molecular formula is C22H24ClFN2O. The van der Waals surface area contributed by atoms with Crippen LogP contribution in [0.25, 0.3) is 0 Å². The van der Waals surface area contributed by atoms with Crippen molar-refractivity contribution in [2.24, 2.45) is 11.8 Å². The van der Waals surface area contributed by atoms with E-state index in [0.717, 1.165) is 19.6 Å². The third-order valence-electron chi connectivity index (χ3n) is 6.03. The van der Waals surface area contributed by atoms with Crippen molar-refractivity contribution in [2.45, 2.75) is 19.4 Å². The maximum absolute atomic E-state index is 13.5. The Balaban J connectivity index is 1.49. The number of benzene rings is 2. The molecule has 142 valence electrons. The average molecular weight is 387 g/mol. The van der Waals surface area contributed by atoms with Crippen LogP contribution in [0.3, 0.4) is 0 Å². The Labute approximate surface area is 164 Å². The molecule has 2 aromatic rings. The smallest absolute Gasteiger partial charge is 0.227 e. The first-order valence-corrected chi connectivity index (χ1v) is 9.78. The molecule has 4 rings (SSSR count). The molecule has 3 atom stereocenters. The molecule has 0 N–H and O–H groups in total. The molecule has 1 amide bonds. The number of nitrogens with zero attached hydrogens (tertiary/aromatic N) is 2. The molecule has 0 aliphatic carbocycles. The summed E-state index contributed by atoms with van der Waals surface area (Å²) < 4.78 is 13.5. The first-order chi connectivity index (χ1) is 12.9. The van der Waals surface area contributed by atoms with Crippen LogP contribution in [-0.2, 0) is 11.2 Å². The Kier molecular flexibility index (Phi) is 4.95. The molecule has 0 spiro atoms. The first kappa shape index (κ1) is 18.5. The van der Waals surface area contributed by atoms with E-state index in [-0.39, 0.29) is 12.3 Å². The van der Waals surface area contributed by atoms with Gasteiger partial charge in [-0.3, -0.25) is 9.69 Å². The fraction of sp³-hybridized carbons (Fsp3) is 0.409. The van der Waals surface area contributed by atoms with E-state index in [9.17, 15) is 9.18 Å². The normalized spacial score (nSPS) is 25.0. The maximum Gasteiger partial charge on any atom is 0.227 e. The number of rotatable bonds is 3. The molecule has 5 heteroatoms. The van der Waals surface area contributed by atoms with E-state index in [1.165, 1.54) is 23.3 Å². The molecule has 0 aromatic heterocycles. The van der Waals surface area contributed by atoms with Gasteiger partial charge in [-0.25, -0.2) is 4.39 Å². The number of likely N-dealkylation sites (tertiary alicyclic amines) is 2. The van der Waals surface area contributed by atoms with Crippen molar-refractivity contribution in [3.63, 3.8) is 0 Å². The van der Waals surface area contributed by atoms with E-state index < -0.39 is 5.82 Å². The van der Waals surface area contributed by atoms with E-state index >= 15 is 0 Å². The minimum Gasteiger partial charge on any atom is -0.342 e. The lowest BCUT2D eigenvalue weighted by Gasteiger charge is -2.28. The van der Waals surface area contributed by atoms with Gasteiger partial charge in [0.2, 0.25) is 5.91 Å². The highest BCUT2D eigenvalue weighted by Crippen LogP contribution is 2.44. The summed E-state index contributed by atoms with van der Waals surface area (Å²) in [6.07, 6.45) is 0.196. The third-order valence-corrected chi connectivity index (χ3v) is 6.25. The summed E-state index contributed by atoms with van der Waals surface area (Å²) in [4.78, 5) is 17.2. The van der Waals surface area contributed by atoms with Crippen LogP contribution < -0.4 is 0 Å². The molecule has 0 unspecified atom stereocenters. The fourth-order valence-electron chi connectivity index (χ4n) is 4.85. The van der Waals surface area contributed by atoms with Gasteiger partial charge in [-0.15, -0.1) is 0 Å². The average Bonchev–Trinajstić information content (AvgIpc) is 3.11. The van der Waals surface area contributed by atoms with Gasteiger partial charge >= 0.3 is 0 Å². The molecule has 3 nitrogen and oxygen atoms in total. The van der Waals surface area contributed by atoms with Crippen molar-refractivity contribution in [3.05, 3.63) is 70.0 Å².